The molecular formula is C14H10ClN3O2S. The largest absolute Gasteiger partial charge is 0.266 e. The third-order valence-corrected chi connectivity index (χ3v) is 5.43. The number of anilines is 1. The van der Waals surface area contributed by atoms with Gasteiger partial charge in [-0.2, -0.15) is 10.5 Å². The Labute approximate surface area is 128 Å². The second-order valence-electron chi connectivity index (χ2n) is 4.15. The lowest BCUT2D eigenvalue weighted by molar-refractivity contribution is 0.598. The first-order chi connectivity index (χ1) is 9.97. The molecule has 0 N–H and O–H groups in total. The van der Waals surface area contributed by atoms with Crippen molar-refractivity contribution in [2.45, 2.75) is 6.92 Å². The minimum Gasteiger partial charge on any atom is -0.266 e. The molecule has 1 aliphatic heterocycles. The third-order valence-electron chi connectivity index (χ3n) is 3.00. The first-order valence-corrected chi connectivity index (χ1v) is 7.83. The fraction of sp³-hybridized carbons (Fsp3) is 0.143. The second kappa shape index (κ2) is 5.61. The van der Waals surface area contributed by atoms with Gasteiger partial charge >= 0.3 is 0 Å². The van der Waals surface area contributed by atoms with Gasteiger partial charge in [0.25, 0.3) is 10.0 Å². The highest BCUT2D eigenvalue weighted by Gasteiger charge is 2.34. The molecule has 0 saturated carbocycles. The lowest BCUT2D eigenvalue weighted by Gasteiger charge is -2.30. The van der Waals surface area contributed by atoms with Crippen LogP contribution in [0.5, 0.6) is 0 Å². The summed E-state index contributed by atoms with van der Waals surface area (Å²) in [5, 5.41) is 17.6. The summed E-state index contributed by atoms with van der Waals surface area (Å²) in [6.45, 7) is 1.92. The van der Waals surface area contributed by atoms with Crippen molar-refractivity contribution in [3.63, 3.8) is 0 Å². The van der Waals surface area contributed by atoms with Gasteiger partial charge in [-0.05, 0) is 19.1 Å². The molecule has 0 unspecified atom stereocenters. The highest BCUT2D eigenvalue weighted by molar-refractivity contribution is 7.97. The van der Waals surface area contributed by atoms with Crippen molar-refractivity contribution >= 4 is 32.3 Å². The normalized spacial score (nSPS) is 15.7. The maximum atomic E-state index is 12.6. The fourth-order valence-corrected chi connectivity index (χ4v) is 4.18. The van der Waals surface area contributed by atoms with E-state index in [-0.39, 0.29) is 22.1 Å². The molecule has 21 heavy (non-hydrogen) atoms. The molecule has 0 radical (unpaired) electrons. The molecule has 0 saturated heterocycles. The monoisotopic (exact) mass is 319 g/mol. The minimum absolute atomic E-state index is 0.0123. The van der Waals surface area contributed by atoms with Crippen molar-refractivity contribution in [3.05, 3.63) is 46.4 Å². The zero-order chi connectivity index (χ0) is 15.6. The molecule has 0 spiro atoms. The number of fused-ring (bicyclic) bond motifs is 1. The van der Waals surface area contributed by atoms with Gasteiger partial charge in [0.05, 0.1) is 10.7 Å². The Morgan fingerprint density at radius 3 is 2.52 bits per heavy atom. The van der Waals surface area contributed by atoms with E-state index in [2.05, 4.69) is 0 Å². The van der Waals surface area contributed by atoms with Crippen LogP contribution in [-0.4, -0.2) is 15.0 Å². The number of nitrogens with zero attached hydrogens (tertiary/aromatic N) is 3. The van der Waals surface area contributed by atoms with Crippen LogP contribution in [-0.2, 0) is 10.0 Å². The van der Waals surface area contributed by atoms with Gasteiger partial charge in [0, 0.05) is 12.1 Å². The average molecular weight is 320 g/mol. The molecule has 1 aromatic rings. The number of halogens is 1. The Kier molecular flexibility index (Phi) is 4.04. The Bertz CT molecular complexity index is 826. The maximum absolute atomic E-state index is 12.6. The molecule has 1 aromatic carbocycles. The molecule has 0 bridgehead atoms. The number of sulfonamides is 1. The summed E-state index contributed by atoms with van der Waals surface area (Å²) in [4.78, 5) is -0.234. The molecule has 106 valence electrons. The molecule has 0 amide bonds. The highest BCUT2D eigenvalue weighted by atomic mass is 35.5. The van der Waals surface area contributed by atoms with Gasteiger partial charge in [-0.3, -0.25) is 4.31 Å². The standard InChI is InChI=1S/C14H10ClN3O2S/c1-2-18-12-6-4-3-5-11(12)14(15)13(21(18,19)20)7-10(8-16)9-17/h3-7H,2H2,1H3. The van der Waals surface area contributed by atoms with Crippen molar-refractivity contribution in [1.82, 2.24) is 0 Å². The molecule has 0 aliphatic carbocycles. The summed E-state index contributed by atoms with van der Waals surface area (Å²) in [5.41, 5.74) is 0.720. The van der Waals surface area contributed by atoms with Crippen molar-refractivity contribution in [3.8, 4) is 12.1 Å². The summed E-state index contributed by atoms with van der Waals surface area (Å²) in [6, 6.07) is 10.1. The van der Waals surface area contributed by atoms with Crippen molar-refractivity contribution in [1.29, 1.82) is 10.5 Å². The summed E-state index contributed by atoms with van der Waals surface area (Å²) in [5.74, 6) is 0. The molecule has 1 heterocycles. The van der Waals surface area contributed by atoms with E-state index in [0.717, 1.165) is 6.08 Å². The van der Waals surface area contributed by atoms with E-state index < -0.39 is 10.0 Å². The Morgan fingerprint density at radius 1 is 1.33 bits per heavy atom. The van der Waals surface area contributed by atoms with Crippen LogP contribution >= 0.6 is 11.6 Å². The molecular weight excluding hydrogens is 310 g/mol. The number of para-hydroxylation sites is 1. The summed E-state index contributed by atoms with van der Waals surface area (Å²) in [6.07, 6.45) is 1.01. The van der Waals surface area contributed by atoms with Crippen LogP contribution in [0.4, 0.5) is 5.69 Å². The molecule has 1 aliphatic rings. The molecule has 2 rings (SSSR count). The summed E-state index contributed by atoms with van der Waals surface area (Å²) >= 11 is 6.19. The van der Waals surface area contributed by atoms with Crippen LogP contribution in [0.2, 0.25) is 0 Å². The van der Waals surface area contributed by atoms with Crippen LogP contribution in [0.1, 0.15) is 12.5 Å². The predicted octanol–water partition coefficient (Wildman–Crippen LogP) is 2.74. The summed E-state index contributed by atoms with van der Waals surface area (Å²) in [7, 11) is -3.89. The van der Waals surface area contributed by atoms with Crippen LogP contribution in [0, 0.1) is 22.7 Å². The van der Waals surface area contributed by atoms with Crippen LogP contribution in [0.25, 0.3) is 5.03 Å². The van der Waals surface area contributed by atoms with E-state index in [0.29, 0.717) is 11.3 Å². The van der Waals surface area contributed by atoms with Gasteiger partial charge in [-0.25, -0.2) is 8.42 Å². The van der Waals surface area contributed by atoms with Crippen molar-refractivity contribution < 1.29 is 8.42 Å². The highest BCUT2D eigenvalue weighted by Crippen LogP contribution is 2.41. The first kappa shape index (κ1) is 15.1. The lowest BCUT2D eigenvalue weighted by atomic mass is 10.1. The Balaban J connectivity index is 2.83. The van der Waals surface area contributed by atoms with Crippen molar-refractivity contribution in [2.75, 3.05) is 10.8 Å². The zero-order valence-electron chi connectivity index (χ0n) is 11.0. The van der Waals surface area contributed by atoms with E-state index in [9.17, 15) is 8.42 Å². The number of hydrogen-bond donors (Lipinski definition) is 0. The lowest BCUT2D eigenvalue weighted by Crippen LogP contribution is -2.34. The third kappa shape index (κ3) is 2.40. The topological polar surface area (TPSA) is 85.0 Å². The zero-order valence-corrected chi connectivity index (χ0v) is 12.6. The molecule has 7 heteroatoms. The van der Waals surface area contributed by atoms with Gasteiger partial charge in [-0.15, -0.1) is 0 Å². The van der Waals surface area contributed by atoms with E-state index in [4.69, 9.17) is 22.1 Å². The van der Waals surface area contributed by atoms with E-state index in [1.54, 1.807) is 43.3 Å². The number of nitriles is 2. The van der Waals surface area contributed by atoms with Gasteiger partial charge in [0.15, 0.2) is 0 Å². The van der Waals surface area contributed by atoms with Gasteiger partial charge in [0.1, 0.15) is 22.6 Å². The molecule has 0 atom stereocenters. The van der Waals surface area contributed by atoms with Gasteiger partial charge in [-0.1, -0.05) is 29.8 Å². The quantitative estimate of drug-likeness (QED) is 0.784. The number of benzene rings is 1. The SMILES string of the molecule is CCN1c2ccccc2C(Cl)=C(C=C(C#N)C#N)S1(=O)=O. The smallest absolute Gasteiger partial charge is 0.265 e. The van der Waals surface area contributed by atoms with Crippen LogP contribution < -0.4 is 4.31 Å². The van der Waals surface area contributed by atoms with E-state index in [1.165, 1.54) is 4.31 Å². The fourth-order valence-electron chi connectivity index (χ4n) is 2.07. The maximum Gasteiger partial charge on any atom is 0.265 e. The molecule has 0 fully saturated rings. The van der Waals surface area contributed by atoms with Crippen LogP contribution in [0.15, 0.2) is 40.8 Å². The van der Waals surface area contributed by atoms with Gasteiger partial charge in [0.2, 0.25) is 0 Å². The second-order valence-corrected chi connectivity index (χ2v) is 6.36. The van der Waals surface area contributed by atoms with Crippen LogP contribution in [0.3, 0.4) is 0 Å². The number of rotatable bonds is 2. The van der Waals surface area contributed by atoms with Gasteiger partial charge < -0.3 is 0 Å². The minimum atomic E-state index is -3.89. The summed E-state index contributed by atoms with van der Waals surface area (Å²) < 4.78 is 26.4. The van der Waals surface area contributed by atoms with E-state index in [1.807, 2.05) is 0 Å². The molecule has 5 nitrogen and oxygen atoms in total. The Hall–Kier alpha value is -2.28. The van der Waals surface area contributed by atoms with E-state index >= 15 is 0 Å². The molecule has 0 aromatic heterocycles. The average Bonchev–Trinajstić information content (AvgIpc) is 2.47. The van der Waals surface area contributed by atoms with Crippen molar-refractivity contribution in [2.24, 2.45) is 0 Å². The number of allylic oxidation sites excluding steroid dienone is 2. The Morgan fingerprint density at radius 2 is 1.95 bits per heavy atom. The predicted molar refractivity (Wildman–Crippen MR) is 80.5 cm³/mol. The number of hydrogen-bond acceptors (Lipinski definition) is 4. The first-order valence-electron chi connectivity index (χ1n) is 6.01.